The van der Waals surface area contributed by atoms with Gasteiger partial charge in [-0.1, -0.05) is 5.92 Å². The highest BCUT2D eigenvalue weighted by atomic mass is 16.5. The monoisotopic (exact) mass is 212 g/mol. The van der Waals surface area contributed by atoms with Crippen LogP contribution in [0.25, 0.3) is 11.4 Å². The van der Waals surface area contributed by atoms with Crippen LogP contribution in [0.5, 0.6) is 5.75 Å². The molecule has 2 rings (SSSR count). The highest BCUT2D eigenvalue weighted by Gasteiger charge is 2.01. The first-order chi connectivity index (χ1) is 7.90. The van der Waals surface area contributed by atoms with Gasteiger partial charge < -0.3 is 4.74 Å². The summed E-state index contributed by atoms with van der Waals surface area (Å²) in [5, 5.41) is 15.0. The van der Waals surface area contributed by atoms with Gasteiger partial charge in [0.25, 0.3) is 0 Å². The Morgan fingerprint density at radius 1 is 1.12 bits per heavy atom. The molecular weight excluding hydrogens is 204 g/mol. The second kappa shape index (κ2) is 4.84. The normalized spacial score (nSPS) is 9.44. The first kappa shape index (κ1) is 10.1. The maximum Gasteiger partial charge on any atom is 0.203 e. The predicted molar refractivity (Wildman–Crippen MR) is 57.4 cm³/mol. The fourth-order valence-electron chi connectivity index (χ4n) is 1.14. The minimum atomic E-state index is 0.254. The molecule has 5 heteroatoms. The van der Waals surface area contributed by atoms with Gasteiger partial charge in [-0.25, -0.2) is 0 Å². The zero-order valence-electron chi connectivity index (χ0n) is 8.37. The lowest BCUT2D eigenvalue weighted by atomic mass is 10.2. The Labute approximate surface area is 92.5 Å². The summed E-state index contributed by atoms with van der Waals surface area (Å²) in [4.78, 5) is 0. The Kier molecular flexibility index (Phi) is 3.04. The minimum absolute atomic E-state index is 0.254. The second-order valence-electron chi connectivity index (χ2n) is 2.89. The molecule has 0 saturated carbocycles. The lowest BCUT2D eigenvalue weighted by Crippen LogP contribution is -1.95. The highest BCUT2D eigenvalue weighted by Crippen LogP contribution is 2.17. The number of hydrogen-bond acceptors (Lipinski definition) is 5. The Hall–Kier alpha value is -2.48. The molecule has 0 saturated heterocycles. The average molecular weight is 212 g/mol. The number of benzene rings is 1. The van der Waals surface area contributed by atoms with Crippen LogP contribution in [0.3, 0.4) is 0 Å². The summed E-state index contributed by atoms with van der Waals surface area (Å²) in [7, 11) is 0. The third-order valence-electron chi connectivity index (χ3n) is 1.84. The summed E-state index contributed by atoms with van der Waals surface area (Å²) in [6.07, 6.45) is 6.37. The van der Waals surface area contributed by atoms with Crippen LogP contribution in [-0.4, -0.2) is 27.0 Å². The van der Waals surface area contributed by atoms with Crippen molar-refractivity contribution in [3.63, 3.8) is 0 Å². The Morgan fingerprint density at radius 2 is 1.81 bits per heavy atom. The maximum absolute atomic E-state index is 5.24. The van der Waals surface area contributed by atoms with Gasteiger partial charge in [0.05, 0.1) is 0 Å². The topological polar surface area (TPSA) is 60.8 Å². The van der Waals surface area contributed by atoms with Gasteiger partial charge >= 0.3 is 0 Å². The van der Waals surface area contributed by atoms with E-state index in [2.05, 4.69) is 26.3 Å². The van der Waals surface area contributed by atoms with Gasteiger partial charge in [0.15, 0.2) is 6.33 Å². The molecule has 0 unspecified atom stereocenters. The Bertz CT molecular complexity index is 490. The molecule has 78 valence electrons. The summed E-state index contributed by atoms with van der Waals surface area (Å²) in [6, 6.07) is 7.24. The van der Waals surface area contributed by atoms with E-state index in [0.29, 0.717) is 11.6 Å². The number of aromatic nitrogens is 4. The predicted octanol–water partition coefficient (Wildman–Crippen LogP) is 0.946. The molecule has 5 nitrogen and oxygen atoms in total. The average Bonchev–Trinajstić information content (AvgIpc) is 2.38. The third-order valence-corrected chi connectivity index (χ3v) is 1.84. The van der Waals surface area contributed by atoms with Gasteiger partial charge in [0.2, 0.25) is 5.82 Å². The number of hydrogen-bond donors (Lipinski definition) is 0. The minimum Gasteiger partial charge on any atom is -0.481 e. The summed E-state index contributed by atoms with van der Waals surface area (Å²) >= 11 is 0. The Balaban J connectivity index is 2.17. The van der Waals surface area contributed by atoms with E-state index in [1.807, 2.05) is 12.1 Å². The van der Waals surface area contributed by atoms with E-state index >= 15 is 0 Å². The van der Waals surface area contributed by atoms with Crippen molar-refractivity contribution in [2.75, 3.05) is 6.61 Å². The number of ether oxygens (including phenoxy) is 1. The molecule has 1 heterocycles. The van der Waals surface area contributed by atoms with Crippen molar-refractivity contribution in [2.45, 2.75) is 0 Å². The van der Waals surface area contributed by atoms with Gasteiger partial charge in [-0.05, 0) is 24.3 Å². The molecule has 2 aromatic rings. The molecule has 0 N–H and O–H groups in total. The van der Waals surface area contributed by atoms with Crippen LogP contribution >= 0.6 is 0 Å². The smallest absolute Gasteiger partial charge is 0.203 e. The standard InChI is InChI=1S/C11H8N4O/c1-2-7-16-10-5-3-9(4-6-10)11-14-12-8-13-15-11/h1,3-6,8H,7H2. The van der Waals surface area contributed by atoms with Crippen molar-refractivity contribution < 1.29 is 4.74 Å². The lowest BCUT2D eigenvalue weighted by Gasteiger charge is -2.02. The van der Waals surface area contributed by atoms with Crippen LogP contribution < -0.4 is 4.74 Å². The van der Waals surface area contributed by atoms with Gasteiger partial charge in [-0.2, -0.15) is 0 Å². The van der Waals surface area contributed by atoms with Gasteiger partial charge in [-0.15, -0.1) is 26.8 Å². The van der Waals surface area contributed by atoms with E-state index in [0.717, 1.165) is 5.56 Å². The highest BCUT2D eigenvalue weighted by molar-refractivity contribution is 5.54. The van der Waals surface area contributed by atoms with Crippen molar-refractivity contribution in [1.82, 2.24) is 20.4 Å². The largest absolute Gasteiger partial charge is 0.481 e. The zero-order chi connectivity index (χ0) is 11.2. The van der Waals surface area contributed by atoms with E-state index in [9.17, 15) is 0 Å². The molecule has 0 aliphatic rings. The van der Waals surface area contributed by atoms with Crippen LogP contribution in [0.15, 0.2) is 30.6 Å². The number of nitrogens with zero attached hydrogens (tertiary/aromatic N) is 4. The van der Waals surface area contributed by atoms with Crippen LogP contribution in [-0.2, 0) is 0 Å². The molecular formula is C11H8N4O. The van der Waals surface area contributed by atoms with Crippen LogP contribution in [0, 0.1) is 12.3 Å². The quantitative estimate of drug-likeness (QED) is 0.709. The van der Waals surface area contributed by atoms with Crippen LogP contribution in [0.1, 0.15) is 0 Å². The van der Waals surface area contributed by atoms with Crippen molar-refractivity contribution in [2.24, 2.45) is 0 Å². The molecule has 0 atom stereocenters. The third kappa shape index (κ3) is 2.30. The fraction of sp³-hybridized carbons (Fsp3) is 0.0909. The van der Waals surface area contributed by atoms with E-state index in [1.165, 1.54) is 6.33 Å². The molecule has 0 aliphatic heterocycles. The number of rotatable bonds is 3. The molecule has 1 aromatic heterocycles. The van der Waals surface area contributed by atoms with Crippen molar-refractivity contribution in [3.8, 4) is 29.5 Å². The van der Waals surface area contributed by atoms with Crippen molar-refractivity contribution >= 4 is 0 Å². The first-order valence-corrected chi connectivity index (χ1v) is 4.57. The molecule has 0 spiro atoms. The molecule has 1 aromatic carbocycles. The summed E-state index contributed by atoms with van der Waals surface area (Å²) in [5.41, 5.74) is 0.827. The molecule has 0 bridgehead atoms. The Morgan fingerprint density at radius 3 is 2.44 bits per heavy atom. The van der Waals surface area contributed by atoms with E-state index in [-0.39, 0.29) is 6.61 Å². The van der Waals surface area contributed by atoms with Gasteiger partial charge in [0, 0.05) is 5.56 Å². The summed E-state index contributed by atoms with van der Waals surface area (Å²) in [6.45, 7) is 0.254. The molecule has 16 heavy (non-hydrogen) atoms. The van der Waals surface area contributed by atoms with Crippen LogP contribution in [0.4, 0.5) is 0 Å². The molecule has 0 fully saturated rings. The van der Waals surface area contributed by atoms with Crippen molar-refractivity contribution in [3.05, 3.63) is 30.6 Å². The SMILES string of the molecule is C#CCOc1ccc(-c2nncnn2)cc1. The summed E-state index contributed by atoms with van der Waals surface area (Å²) in [5.74, 6) is 3.58. The number of terminal acetylenes is 1. The van der Waals surface area contributed by atoms with Crippen LogP contribution in [0.2, 0.25) is 0 Å². The fourth-order valence-corrected chi connectivity index (χ4v) is 1.14. The molecule has 0 radical (unpaired) electrons. The second-order valence-corrected chi connectivity index (χ2v) is 2.89. The lowest BCUT2D eigenvalue weighted by molar-refractivity contribution is 0.370. The van der Waals surface area contributed by atoms with Crippen molar-refractivity contribution in [1.29, 1.82) is 0 Å². The van der Waals surface area contributed by atoms with E-state index in [4.69, 9.17) is 11.2 Å². The van der Waals surface area contributed by atoms with Gasteiger partial charge in [-0.3, -0.25) is 0 Å². The molecule has 0 amide bonds. The first-order valence-electron chi connectivity index (χ1n) is 4.57. The van der Waals surface area contributed by atoms with E-state index < -0.39 is 0 Å². The maximum atomic E-state index is 5.24. The van der Waals surface area contributed by atoms with Gasteiger partial charge in [0.1, 0.15) is 12.4 Å². The van der Waals surface area contributed by atoms with E-state index in [1.54, 1.807) is 12.1 Å². The zero-order valence-corrected chi connectivity index (χ0v) is 8.37. The summed E-state index contributed by atoms with van der Waals surface area (Å²) < 4.78 is 5.24. The molecule has 0 aliphatic carbocycles.